The Balaban J connectivity index is 1.90. The van der Waals surface area contributed by atoms with Gasteiger partial charge in [0.1, 0.15) is 11.4 Å². The quantitative estimate of drug-likeness (QED) is 0.933. The van der Waals surface area contributed by atoms with Crippen LogP contribution in [0.15, 0.2) is 48.5 Å². The van der Waals surface area contributed by atoms with Crippen LogP contribution in [0.4, 0.5) is 0 Å². The first-order chi connectivity index (χ1) is 10.1. The van der Waals surface area contributed by atoms with Crippen molar-refractivity contribution in [2.75, 3.05) is 0 Å². The molecule has 0 saturated heterocycles. The lowest BCUT2D eigenvalue weighted by molar-refractivity contribution is 0.102. The summed E-state index contributed by atoms with van der Waals surface area (Å²) in [6, 6.07) is 16.7. The minimum absolute atomic E-state index is 0.333. The Kier molecular flexibility index (Phi) is 3.40. The molecule has 1 unspecified atom stereocenters. The standard InChI is InChI=1S/C18H17NO2/c1-18(20,14-7-5-13(12-19)6-8-14)15-3-2-4-17(11-15)21-16-9-10-16/h2-8,11,16,20H,9-10H2,1H3. The van der Waals surface area contributed by atoms with Gasteiger partial charge in [-0.25, -0.2) is 0 Å². The zero-order valence-corrected chi connectivity index (χ0v) is 11.9. The van der Waals surface area contributed by atoms with Crippen LogP contribution in [0, 0.1) is 11.3 Å². The van der Waals surface area contributed by atoms with Crippen molar-refractivity contribution in [3.63, 3.8) is 0 Å². The van der Waals surface area contributed by atoms with E-state index in [-0.39, 0.29) is 0 Å². The van der Waals surface area contributed by atoms with Gasteiger partial charge in [0.25, 0.3) is 0 Å². The zero-order chi connectivity index (χ0) is 14.9. The predicted octanol–water partition coefficient (Wildman–Crippen LogP) is 3.36. The van der Waals surface area contributed by atoms with Crippen LogP contribution < -0.4 is 4.74 Å². The van der Waals surface area contributed by atoms with E-state index in [0.29, 0.717) is 11.7 Å². The largest absolute Gasteiger partial charge is 0.490 e. The van der Waals surface area contributed by atoms with Crippen molar-refractivity contribution < 1.29 is 9.84 Å². The monoisotopic (exact) mass is 279 g/mol. The van der Waals surface area contributed by atoms with Gasteiger partial charge in [0.05, 0.1) is 17.7 Å². The second-order valence-corrected chi connectivity index (χ2v) is 5.61. The molecule has 0 aliphatic heterocycles. The van der Waals surface area contributed by atoms with Crippen molar-refractivity contribution in [1.29, 1.82) is 5.26 Å². The molecule has 0 bridgehead atoms. The normalized spacial score (nSPS) is 16.8. The van der Waals surface area contributed by atoms with Gasteiger partial charge in [-0.05, 0) is 55.2 Å². The van der Waals surface area contributed by atoms with Crippen LogP contribution in [0.2, 0.25) is 0 Å². The van der Waals surface area contributed by atoms with E-state index in [1.807, 2.05) is 24.3 Å². The van der Waals surface area contributed by atoms with Crippen molar-refractivity contribution in [3.8, 4) is 11.8 Å². The number of nitriles is 1. The van der Waals surface area contributed by atoms with E-state index in [4.69, 9.17) is 10.00 Å². The van der Waals surface area contributed by atoms with E-state index in [1.54, 1.807) is 31.2 Å². The van der Waals surface area contributed by atoms with Crippen molar-refractivity contribution in [2.24, 2.45) is 0 Å². The van der Waals surface area contributed by atoms with E-state index < -0.39 is 5.60 Å². The van der Waals surface area contributed by atoms with E-state index >= 15 is 0 Å². The van der Waals surface area contributed by atoms with Crippen LogP contribution in [0.25, 0.3) is 0 Å². The average Bonchev–Trinajstić information content (AvgIpc) is 3.31. The number of hydrogen-bond donors (Lipinski definition) is 1. The summed E-state index contributed by atoms with van der Waals surface area (Å²) in [4.78, 5) is 0. The van der Waals surface area contributed by atoms with Gasteiger partial charge >= 0.3 is 0 Å². The van der Waals surface area contributed by atoms with Gasteiger partial charge in [-0.15, -0.1) is 0 Å². The van der Waals surface area contributed by atoms with Gasteiger partial charge < -0.3 is 9.84 Å². The second kappa shape index (κ2) is 5.23. The molecular formula is C18H17NO2. The molecule has 1 aliphatic carbocycles. The van der Waals surface area contributed by atoms with E-state index in [2.05, 4.69) is 6.07 Å². The molecule has 3 nitrogen and oxygen atoms in total. The highest BCUT2D eigenvalue weighted by atomic mass is 16.5. The maximum atomic E-state index is 10.9. The minimum atomic E-state index is -1.11. The molecule has 1 saturated carbocycles. The second-order valence-electron chi connectivity index (χ2n) is 5.61. The summed E-state index contributed by atoms with van der Waals surface area (Å²) in [5.74, 6) is 0.795. The number of nitrogens with zero attached hydrogens (tertiary/aromatic N) is 1. The van der Waals surface area contributed by atoms with Crippen LogP contribution >= 0.6 is 0 Å². The van der Waals surface area contributed by atoms with Gasteiger partial charge in [-0.1, -0.05) is 24.3 Å². The Labute approximate surface area is 124 Å². The summed E-state index contributed by atoms with van der Waals surface area (Å²) in [7, 11) is 0. The Morgan fingerprint density at radius 2 is 1.86 bits per heavy atom. The first-order valence-electron chi connectivity index (χ1n) is 7.10. The molecular weight excluding hydrogens is 262 g/mol. The highest BCUT2D eigenvalue weighted by Crippen LogP contribution is 2.33. The first-order valence-corrected chi connectivity index (χ1v) is 7.10. The van der Waals surface area contributed by atoms with Crippen molar-refractivity contribution in [3.05, 3.63) is 65.2 Å². The molecule has 0 amide bonds. The van der Waals surface area contributed by atoms with E-state index in [9.17, 15) is 5.11 Å². The van der Waals surface area contributed by atoms with Gasteiger partial charge in [-0.3, -0.25) is 0 Å². The maximum absolute atomic E-state index is 10.9. The molecule has 1 aliphatic rings. The smallest absolute Gasteiger partial charge is 0.120 e. The summed E-state index contributed by atoms with van der Waals surface area (Å²) in [6.07, 6.45) is 2.55. The lowest BCUT2D eigenvalue weighted by atomic mass is 9.88. The Morgan fingerprint density at radius 1 is 1.14 bits per heavy atom. The third-order valence-electron chi connectivity index (χ3n) is 3.80. The molecule has 3 rings (SSSR count). The predicted molar refractivity (Wildman–Crippen MR) is 79.9 cm³/mol. The lowest BCUT2D eigenvalue weighted by Gasteiger charge is -2.25. The molecule has 0 aromatic heterocycles. The molecule has 1 atom stereocenters. The highest BCUT2D eigenvalue weighted by molar-refractivity contribution is 5.41. The molecule has 1 N–H and O–H groups in total. The molecule has 21 heavy (non-hydrogen) atoms. The van der Waals surface area contributed by atoms with Crippen molar-refractivity contribution in [2.45, 2.75) is 31.5 Å². The van der Waals surface area contributed by atoms with Crippen LogP contribution in [0.1, 0.15) is 36.5 Å². The third-order valence-corrected chi connectivity index (χ3v) is 3.80. The van der Waals surface area contributed by atoms with E-state index in [0.717, 1.165) is 29.7 Å². The van der Waals surface area contributed by atoms with Crippen LogP contribution in [0.5, 0.6) is 5.75 Å². The fraction of sp³-hybridized carbons (Fsp3) is 0.278. The topological polar surface area (TPSA) is 53.2 Å². The SMILES string of the molecule is CC(O)(c1ccc(C#N)cc1)c1cccc(OC2CC2)c1. The Hall–Kier alpha value is -2.31. The molecule has 0 radical (unpaired) electrons. The summed E-state index contributed by atoms with van der Waals surface area (Å²) in [5.41, 5.74) is 1.01. The molecule has 3 heteroatoms. The number of rotatable bonds is 4. The minimum Gasteiger partial charge on any atom is -0.490 e. The van der Waals surface area contributed by atoms with Crippen LogP contribution in [-0.4, -0.2) is 11.2 Å². The number of aliphatic hydroxyl groups is 1. The first kappa shape index (κ1) is 13.7. The number of hydrogen-bond acceptors (Lipinski definition) is 3. The summed E-state index contributed by atoms with van der Waals surface area (Å²) >= 11 is 0. The highest BCUT2D eigenvalue weighted by Gasteiger charge is 2.27. The molecule has 1 fully saturated rings. The Bertz CT molecular complexity index is 679. The number of benzene rings is 2. The summed E-state index contributed by atoms with van der Waals surface area (Å²) < 4.78 is 5.78. The number of ether oxygens (including phenoxy) is 1. The zero-order valence-electron chi connectivity index (χ0n) is 11.9. The molecule has 106 valence electrons. The maximum Gasteiger partial charge on any atom is 0.120 e. The summed E-state index contributed by atoms with van der Waals surface area (Å²) in [5, 5.41) is 19.7. The lowest BCUT2D eigenvalue weighted by Crippen LogP contribution is -2.22. The van der Waals surface area contributed by atoms with Gasteiger partial charge in [0, 0.05) is 0 Å². The fourth-order valence-electron chi connectivity index (χ4n) is 2.29. The average molecular weight is 279 g/mol. The molecule has 2 aromatic rings. The molecule has 2 aromatic carbocycles. The fourth-order valence-corrected chi connectivity index (χ4v) is 2.29. The van der Waals surface area contributed by atoms with E-state index in [1.165, 1.54) is 0 Å². The molecule has 0 spiro atoms. The third kappa shape index (κ3) is 2.91. The molecule has 0 heterocycles. The van der Waals surface area contributed by atoms with Crippen LogP contribution in [0.3, 0.4) is 0 Å². The van der Waals surface area contributed by atoms with Gasteiger partial charge in [-0.2, -0.15) is 5.26 Å². The Morgan fingerprint density at radius 3 is 2.48 bits per heavy atom. The van der Waals surface area contributed by atoms with Gasteiger partial charge in [0.15, 0.2) is 0 Å². The van der Waals surface area contributed by atoms with Crippen LogP contribution in [-0.2, 0) is 5.60 Å². The van der Waals surface area contributed by atoms with Gasteiger partial charge in [0.2, 0.25) is 0 Å². The van der Waals surface area contributed by atoms with Crippen molar-refractivity contribution in [1.82, 2.24) is 0 Å². The summed E-state index contributed by atoms with van der Waals surface area (Å²) in [6.45, 7) is 1.75. The van der Waals surface area contributed by atoms with Crippen molar-refractivity contribution >= 4 is 0 Å².